The lowest BCUT2D eigenvalue weighted by Gasteiger charge is -2.20. The van der Waals surface area contributed by atoms with Crippen LogP contribution < -0.4 is 4.90 Å². The molecule has 0 aromatic heterocycles. The largest absolute Gasteiger partial charge is 0.465 e. The lowest BCUT2D eigenvalue weighted by molar-refractivity contribution is 0.0601. The van der Waals surface area contributed by atoms with Gasteiger partial charge in [-0.15, -0.1) is 0 Å². The van der Waals surface area contributed by atoms with E-state index in [-0.39, 0.29) is 11.8 Å². The molecule has 1 heterocycles. The van der Waals surface area contributed by atoms with Gasteiger partial charge in [0.15, 0.2) is 0 Å². The topological polar surface area (TPSA) is 29.5 Å². The normalized spacial score (nSPS) is 13.2. The first-order valence-electron chi connectivity index (χ1n) is 6.43. The molecular formula is C16H14FNO2. The highest BCUT2D eigenvalue weighted by Gasteiger charge is 2.22. The van der Waals surface area contributed by atoms with Crippen molar-refractivity contribution in [1.29, 1.82) is 0 Å². The summed E-state index contributed by atoms with van der Waals surface area (Å²) >= 11 is 0. The summed E-state index contributed by atoms with van der Waals surface area (Å²) in [5.41, 5.74) is 3.62. The van der Waals surface area contributed by atoms with E-state index in [9.17, 15) is 9.18 Å². The molecule has 3 nitrogen and oxygen atoms in total. The minimum absolute atomic E-state index is 0.253. The van der Waals surface area contributed by atoms with Crippen molar-refractivity contribution in [2.24, 2.45) is 0 Å². The Hall–Kier alpha value is -2.36. The predicted octanol–water partition coefficient (Wildman–Crippen LogP) is 3.31. The van der Waals surface area contributed by atoms with Crippen LogP contribution in [0.5, 0.6) is 0 Å². The number of anilines is 2. The molecule has 1 aliphatic heterocycles. The third kappa shape index (κ3) is 2.13. The maximum atomic E-state index is 13.0. The molecule has 3 rings (SSSR count). The molecule has 0 unspecified atom stereocenters. The predicted molar refractivity (Wildman–Crippen MR) is 74.9 cm³/mol. The Morgan fingerprint density at radius 1 is 1.20 bits per heavy atom. The van der Waals surface area contributed by atoms with Crippen LogP contribution in [0.1, 0.15) is 15.9 Å². The molecule has 0 radical (unpaired) electrons. The maximum absolute atomic E-state index is 13.0. The van der Waals surface area contributed by atoms with Crippen molar-refractivity contribution in [2.45, 2.75) is 6.42 Å². The zero-order valence-corrected chi connectivity index (χ0v) is 11.1. The summed E-state index contributed by atoms with van der Waals surface area (Å²) in [6, 6.07) is 11.9. The summed E-state index contributed by atoms with van der Waals surface area (Å²) in [5, 5.41) is 0. The average Bonchev–Trinajstić information content (AvgIpc) is 2.90. The number of halogens is 1. The molecule has 0 aliphatic carbocycles. The third-order valence-corrected chi connectivity index (χ3v) is 3.54. The Kier molecular flexibility index (Phi) is 3.14. The van der Waals surface area contributed by atoms with E-state index >= 15 is 0 Å². The highest BCUT2D eigenvalue weighted by atomic mass is 19.1. The maximum Gasteiger partial charge on any atom is 0.337 e. The van der Waals surface area contributed by atoms with E-state index in [0.29, 0.717) is 5.56 Å². The van der Waals surface area contributed by atoms with Crippen LogP contribution in [0.15, 0.2) is 42.5 Å². The van der Waals surface area contributed by atoms with Gasteiger partial charge in [0.2, 0.25) is 0 Å². The zero-order chi connectivity index (χ0) is 14.1. The number of carbonyl (C=O) groups excluding carboxylic acids is 1. The van der Waals surface area contributed by atoms with Crippen molar-refractivity contribution >= 4 is 17.3 Å². The summed E-state index contributed by atoms with van der Waals surface area (Å²) in [5.74, 6) is -0.602. The van der Waals surface area contributed by atoms with Gasteiger partial charge in [-0.3, -0.25) is 0 Å². The smallest absolute Gasteiger partial charge is 0.337 e. The Morgan fingerprint density at radius 2 is 1.95 bits per heavy atom. The van der Waals surface area contributed by atoms with Gasteiger partial charge in [0.25, 0.3) is 0 Å². The quantitative estimate of drug-likeness (QED) is 0.785. The first kappa shape index (κ1) is 12.7. The van der Waals surface area contributed by atoms with Crippen LogP contribution in [0, 0.1) is 5.82 Å². The minimum atomic E-state index is -0.348. The van der Waals surface area contributed by atoms with E-state index in [0.717, 1.165) is 24.3 Å². The average molecular weight is 271 g/mol. The number of rotatable bonds is 2. The zero-order valence-electron chi connectivity index (χ0n) is 11.1. The summed E-state index contributed by atoms with van der Waals surface area (Å²) in [7, 11) is 1.37. The number of benzene rings is 2. The van der Waals surface area contributed by atoms with Crippen molar-refractivity contribution in [3.63, 3.8) is 0 Å². The van der Waals surface area contributed by atoms with Crippen LogP contribution in [0.3, 0.4) is 0 Å². The second-order valence-electron chi connectivity index (χ2n) is 4.71. The first-order chi connectivity index (χ1) is 9.69. The fraction of sp³-hybridized carbons (Fsp3) is 0.188. The van der Waals surface area contributed by atoms with E-state index in [1.807, 2.05) is 12.1 Å². The molecule has 0 atom stereocenters. The molecule has 2 aromatic carbocycles. The summed E-state index contributed by atoms with van der Waals surface area (Å²) < 4.78 is 17.8. The summed E-state index contributed by atoms with van der Waals surface area (Å²) in [4.78, 5) is 13.7. The van der Waals surface area contributed by atoms with Crippen LogP contribution in [-0.4, -0.2) is 19.6 Å². The van der Waals surface area contributed by atoms with Gasteiger partial charge in [-0.1, -0.05) is 6.07 Å². The monoisotopic (exact) mass is 271 g/mol. The Morgan fingerprint density at radius 3 is 2.65 bits per heavy atom. The molecule has 0 spiro atoms. The Labute approximate surface area is 116 Å². The van der Waals surface area contributed by atoms with Crippen LogP contribution in [0.2, 0.25) is 0 Å². The summed E-state index contributed by atoms with van der Waals surface area (Å²) in [6.07, 6.45) is 0.911. The molecule has 0 N–H and O–H groups in total. The van der Waals surface area contributed by atoms with Crippen molar-refractivity contribution in [2.75, 3.05) is 18.6 Å². The number of hydrogen-bond acceptors (Lipinski definition) is 3. The van der Waals surface area contributed by atoms with Gasteiger partial charge in [0, 0.05) is 17.9 Å². The number of fused-ring (bicyclic) bond motifs is 1. The number of methoxy groups -OCH3 is 1. The van der Waals surface area contributed by atoms with Gasteiger partial charge in [0.1, 0.15) is 5.82 Å². The molecule has 20 heavy (non-hydrogen) atoms. The van der Waals surface area contributed by atoms with Gasteiger partial charge in [-0.05, 0) is 48.4 Å². The molecule has 0 amide bonds. The second kappa shape index (κ2) is 4.96. The molecule has 2 aromatic rings. The van der Waals surface area contributed by atoms with Crippen LogP contribution in [-0.2, 0) is 11.2 Å². The molecule has 0 fully saturated rings. The standard InChI is InChI=1S/C16H14FNO2/c1-20-16(19)12-3-2-11-8-9-18(15(11)10-12)14-6-4-13(17)5-7-14/h2-7,10H,8-9H2,1H3. The molecule has 4 heteroatoms. The Bertz CT molecular complexity index is 652. The summed E-state index contributed by atoms with van der Waals surface area (Å²) in [6.45, 7) is 0.825. The minimum Gasteiger partial charge on any atom is -0.465 e. The lowest BCUT2D eigenvalue weighted by Crippen LogP contribution is -2.13. The van der Waals surface area contributed by atoms with Gasteiger partial charge < -0.3 is 9.64 Å². The highest BCUT2D eigenvalue weighted by molar-refractivity contribution is 5.91. The van der Waals surface area contributed by atoms with Crippen molar-refractivity contribution < 1.29 is 13.9 Å². The van der Waals surface area contributed by atoms with Crippen molar-refractivity contribution in [3.8, 4) is 0 Å². The lowest BCUT2D eigenvalue weighted by atomic mass is 10.1. The van der Waals surface area contributed by atoms with Crippen LogP contribution >= 0.6 is 0 Å². The van der Waals surface area contributed by atoms with Gasteiger partial charge in [0.05, 0.1) is 12.7 Å². The number of nitrogens with zero attached hydrogens (tertiary/aromatic N) is 1. The van der Waals surface area contributed by atoms with Gasteiger partial charge in [-0.25, -0.2) is 9.18 Å². The molecule has 0 saturated carbocycles. The first-order valence-corrected chi connectivity index (χ1v) is 6.43. The molecular weight excluding hydrogens is 257 g/mol. The van der Waals surface area contributed by atoms with E-state index in [1.54, 1.807) is 18.2 Å². The van der Waals surface area contributed by atoms with Crippen molar-refractivity contribution in [3.05, 3.63) is 59.4 Å². The third-order valence-electron chi connectivity index (χ3n) is 3.54. The number of carbonyl (C=O) groups is 1. The fourth-order valence-corrected chi connectivity index (χ4v) is 2.51. The van der Waals surface area contributed by atoms with E-state index in [2.05, 4.69) is 4.90 Å². The van der Waals surface area contributed by atoms with Gasteiger partial charge in [-0.2, -0.15) is 0 Å². The number of ether oxygens (including phenoxy) is 1. The highest BCUT2D eigenvalue weighted by Crippen LogP contribution is 2.35. The van der Waals surface area contributed by atoms with Crippen molar-refractivity contribution in [1.82, 2.24) is 0 Å². The molecule has 0 bridgehead atoms. The molecule has 1 aliphatic rings. The van der Waals surface area contributed by atoms with Crippen LogP contribution in [0.4, 0.5) is 15.8 Å². The van der Waals surface area contributed by atoms with E-state index in [1.165, 1.54) is 24.8 Å². The Balaban J connectivity index is 1.99. The number of esters is 1. The number of hydrogen-bond donors (Lipinski definition) is 0. The SMILES string of the molecule is COC(=O)c1ccc2c(c1)N(c1ccc(F)cc1)CC2. The van der Waals surface area contributed by atoms with Crippen LogP contribution in [0.25, 0.3) is 0 Å². The second-order valence-corrected chi connectivity index (χ2v) is 4.71. The van der Waals surface area contributed by atoms with E-state index < -0.39 is 0 Å². The van der Waals surface area contributed by atoms with Gasteiger partial charge >= 0.3 is 5.97 Å². The fourth-order valence-electron chi connectivity index (χ4n) is 2.51. The molecule has 0 saturated heterocycles. The molecule has 102 valence electrons. The van der Waals surface area contributed by atoms with E-state index in [4.69, 9.17) is 4.74 Å².